The van der Waals surface area contributed by atoms with E-state index >= 15 is 0 Å². The molecule has 0 atom stereocenters. The van der Waals surface area contributed by atoms with E-state index in [9.17, 15) is 43.5 Å². The number of ether oxygens (including phenoxy) is 1. The maximum atomic E-state index is 12.7. The summed E-state index contributed by atoms with van der Waals surface area (Å²) < 4.78 is 130. The lowest BCUT2D eigenvalue weighted by Crippen LogP contribution is -2.55. The summed E-state index contributed by atoms with van der Waals surface area (Å²) in [6, 6.07) is 0. The van der Waals surface area contributed by atoms with Crippen molar-refractivity contribution in [1.29, 1.82) is 0 Å². The predicted octanol–water partition coefficient (Wildman–Crippen LogP) is 3.13. The first-order valence-corrected chi connectivity index (χ1v) is 7.23. The maximum absolute atomic E-state index is 12.7. The Balaban J connectivity index is 5.49. The predicted molar refractivity (Wildman–Crippen MR) is 55.9 cm³/mol. The second-order valence-electron chi connectivity index (χ2n) is 3.27. The van der Waals surface area contributed by atoms with E-state index in [4.69, 9.17) is 4.55 Å². The molecule has 0 heterocycles. The van der Waals surface area contributed by atoms with Crippen LogP contribution in [0.15, 0.2) is 0 Å². The number of hydrogen-bond donors (Lipinski definition) is 1. The fraction of sp³-hybridized carbons (Fsp3) is 1.00. The lowest BCUT2D eigenvalue weighted by atomic mass is 10.2. The topological polar surface area (TPSA) is 63.6 Å². The summed E-state index contributed by atoms with van der Waals surface area (Å²) in [5.74, 6) is -5.26. The quantitative estimate of drug-likeness (QED) is 0.279. The number of rotatable bonds is 7. The third-order valence-electron chi connectivity index (χ3n) is 1.75. The van der Waals surface area contributed by atoms with E-state index in [0.29, 0.717) is 0 Å². The summed E-state index contributed by atoms with van der Waals surface area (Å²) in [5, 5.41) is -6.54. The van der Waals surface area contributed by atoms with Crippen molar-refractivity contribution < 1.29 is 52.8 Å². The lowest BCUT2D eigenvalue weighted by Gasteiger charge is -2.31. The molecule has 4 nitrogen and oxygen atoms in total. The molecular formula is C6H5F8IO4S. The first-order chi connectivity index (χ1) is 8.52. The molecule has 20 heavy (non-hydrogen) atoms. The fourth-order valence-corrected chi connectivity index (χ4v) is 1.73. The standard InChI is InChI=1S/C6H5F8IO4S/c7-3(8,1-2-15)4(9,10)19-5(11,12)6(13,14)20(16,17)18/h1-2H2,(H,16,17,18). The smallest absolute Gasteiger partial charge is 0.281 e. The van der Waals surface area contributed by atoms with Crippen LogP contribution in [0.4, 0.5) is 35.1 Å². The second-order valence-corrected chi connectivity index (χ2v) is 5.81. The second kappa shape index (κ2) is 5.68. The van der Waals surface area contributed by atoms with Crippen molar-refractivity contribution in [3.8, 4) is 0 Å². The molecule has 1 N–H and O–H groups in total. The largest absolute Gasteiger partial charge is 0.460 e. The minimum Gasteiger partial charge on any atom is -0.281 e. The van der Waals surface area contributed by atoms with Crippen LogP contribution in [0.25, 0.3) is 0 Å². The molecule has 0 aliphatic rings. The van der Waals surface area contributed by atoms with E-state index in [0.717, 1.165) is 0 Å². The van der Waals surface area contributed by atoms with Crippen molar-refractivity contribution in [2.75, 3.05) is 4.43 Å². The van der Waals surface area contributed by atoms with Crippen molar-refractivity contribution >= 4 is 32.7 Å². The van der Waals surface area contributed by atoms with Crippen LogP contribution in [0, 0.1) is 0 Å². The molecule has 0 aromatic heterocycles. The third kappa shape index (κ3) is 3.82. The van der Waals surface area contributed by atoms with E-state index in [2.05, 4.69) is 0 Å². The first-order valence-electron chi connectivity index (χ1n) is 4.26. The molecule has 0 aromatic rings. The SMILES string of the molecule is O=S(=O)(O)C(F)(F)C(F)(F)OC(F)(F)C(F)(F)CCI. The molecule has 0 saturated heterocycles. The molecule has 0 radical (unpaired) electrons. The number of hydrogen-bond acceptors (Lipinski definition) is 3. The van der Waals surface area contributed by atoms with Crippen LogP contribution in [0.1, 0.15) is 6.42 Å². The summed E-state index contributed by atoms with van der Waals surface area (Å²) >= 11 is 1.18. The molecule has 0 unspecified atom stereocenters. The summed E-state index contributed by atoms with van der Waals surface area (Å²) in [6.45, 7) is 0. The molecule has 122 valence electrons. The zero-order valence-electron chi connectivity index (χ0n) is 8.90. The Bertz CT molecular complexity index is 450. The van der Waals surface area contributed by atoms with Gasteiger partial charge in [-0.3, -0.25) is 4.55 Å². The van der Waals surface area contributed by atoms with E-state index < -0.39 is 44.4 Å². The molecule has 0 aromatic carbocycles. The van der Waals surface area contributed by atoms with Gasteiger partial charge in [0.2, 0.25) is 0 Å². The van der Waals surface area contributed by atoms with Gasteiger partial charge in [-0.05, 0) is 0 Å². The van der Waals surface area contributed by atoms with Crippen molar-refractivity contribution in [3.63, 3.8) is 0 Å². The van der Waals surface area contributed by atoms with E-state index in [1.807, 2.05) is 4.74 Å². The van der Waals surface area contributed by atoms with Crippen LogP contribution < -0.4 is 0 Å². The Morgan fingerprint density at radius 2 is 1.35 bits per heavy atom. The van der Waals surface area contributed by atoms with Gasteiger partial charge in [0.15, 0.2) is 0 Å². The Morgan fingerprint density at radius 3 is 1.65 bits per heavy atom. The average molecular weight is 452 g/mol. The van der Waals surface area contributed by atoms with Gasteiger partial charge < -0.3 is 0 Å². The van der Waals surface area contributed by atoms with Crippen molar-refractivity contribution in [1.82, 2.24) is 0 Å². The van der Waals surface area contributed by atoms with Crippen LogP contribution in [0.2, 0.25) is 0 Å². The van der Waals surface area contributed by atoms with Crippen molar-refractivity contribution in [2.45, 2.75) is 29.8 Å². The van der Waals surface area contributed by atoms with Crippen molar-refractivity contribution in [2.24, 2.45) is 0 Å². The van der Waals surface area contributed by atoms with Gasteiger partial charge in [-0.1, -0.05) is 22.6 Å². The highest BCUT2D eigenvalue weighted by Gasteiger charge is 2.73. The molecule has 0 aliphatic heterocycles. The number of alkyl halides is 9. The molecular weight excluding hydrogens is 447 g/mol. The Kier molecular flexibility index (Phi) is 5.69. The molecule has 0 bridgehead atoms. The molecule has 14 heteroatoms. The Labute approximate surface area is 120 Å². The summed E-state index contributed by atoms with van der Waals surface area (Å²) in [5.41, 5.74) is 0. The van der Waals surface area contributed by atoms with Gasteiger partial charge in [0, 0.05) is 10.8 Å². The number of halogens is 9. The summed E-state index contributed by atoms with van der Waals surface area (Å²) in [4.78, 5) is 0. The molecule has 0 amide bonds. The van der Waals surface area contributed by atoms with E-state index in [-0.39, 0.29) is 0 Å². The molecule has 0 saturated carbocycles. The van der Waals surface area contributed by atoms with Crippen LogP contribution >= 0.6 is 22.6 Å². The van der Waals surface area contributed by atoms with Crippen LogP contribution in [-0.2, 0) is 14.9 Å². The van der Waals surface area contributed by atoms with Gasteiger partial charge in [-0.25, -0.2) is 4.74 Å². The van der Waals surface area contributed by atoms with Crippen LogP contribution in [0.5, 0.6) is 0 Å². The minimum absolute atomic E-state index is 0.663. The van der Waals surface area contributed by atoms with Crippen LogP contribution in [0.3, 0.4) is 0 Å². The highest BCUT2D eigenvalue weighted by molar-refractivity contribution is 14.1. The highest BCUT2D eigenvalue weighted by Crippen LogP contribution is 2.47. The monoisotopic (exact) mass is 452 g/mol. The maximum Gasteiger partial charge on any atom is 0.460 e. The Morgan fingerprint density at radius 1 is 0.950 bits per heavy atom. The molecule has 0 aliphatic carbocycles. The fourth-order valence-electron chi connectivity index (χ4n) is 0.709. The zero-order chi connectivity index (χ0) is 16.6. The van der Waals surface area contributed by atoms with Gasteiger partial charge in [-0.2, -0.15) is 43.5 Å². The summed E-state index contributed by atoms with van der Waals surface area (Å²) in [7, 11) is -6.88. The van der Waals surface area contributed by atoms with E-state index in [1.165, 1.54) is 22.6 Å². The van der Waals surface area contributed by atoms with Crippen molar-refractivity contribution in [3.05, 3.63) is 0 Å². The van der Waals surface area contributed by atoms with Gasteiger partial charge in [0.05, 0.1) is 0 Å². The first kappa shape index (κ1) is 20.0. The molecule has 0 rings (SSSR count). The van der Waals surface area contributed by atoms with Gasteiger partial charge >= 0.3 is 33.5 Å². The summed E-state index contributed by atoms with van der Waals surface area (Å²) in [6.07, 6.45) is -14.4. The highest BCUT2D eigenvalue weighted by atomic mass is 127. The van der Waals surface area contributed by atoms with Gasteiger partial charge in [-0.15, -0.1) is 0 Å². The minimum atomic E-state index is -6.88. The lowest BCUT2D eigenvalue weighted by molar-refractivity contribution is -0.456. The normalized spacial score (nSPS) is 15.5. The van der Waals surface area contributed by atoms with Gasteiger partial charge in [0.25, 0.3) is 0 Å². The molecule has 0 spiro atoms. The zero-order valence-corrected chi connectivity index (χ0v) is 11.9. The molecule has 0 fully saturated rings. The van der Waals surface area contributed by atoms with Gasteiger partial charge in [0.1, 0.15) is 0 Å². The third-order valence-corrected chi connectivity index (χ3v) is 3.18. The Hall–Kier alpha value is 0.0400. The van der Waals surface area contributed by atoms with Crippen LogP contribution in [-0.4, -0.2) is 40.8 Å². The van der Waals surface area contributed by atoms with E-state index in [1.54, 1.807) is 0 Å². The average Bonchev–Trinajstić information content (AvgIpc) is 2.13.